The molecule has 0 heterocycles. The van der Waals surface area contributed by atoms with Crippen molar-refractivity contribution in [3.63, 3.8) is 0 Å². The Morgan fingerprint density at radius 3 is 2.67 bits per heavy atom. The molecule has 1 atom stereocenters. The topological polar surface area (TPSA) is 17.1 Å². The number of aryl methyl sites for hydroxylation is 1. The smallest absolute Gasteiger partial charge is 0.164 e. The van der Waals surface area contributed by atoms with Crippen molar-refractivity contribution in [2.24, 2.45) is 5.92 Å². The first-order chi connectivity index (χ1) is 8.60. The van der Waals surface area contributed by atoms with Crippen LogP contribution in [0, 0.1) is 12.8 Å². The Hall–Kier alpha value is -0.820. The van der Waals surface area contributed by atoms with Crippen LogP contribution in [0.2, 0.25) is 5.02 Å². The molecule has 0 saturated carbocycles. The molecule has 0 radical (unpaired) electrons. The van der Waals surface area contributed by atoms with Crippen LogP contribution in [0.25, 0.3) is 0 Å². The number of hydrogen-bond donors (Lipinski definition) is 0. The van der Waals surface area contributed by atoms with Crippen LogP contribution in [-0.2, 0) is 0 Å². The molecule has 100 valence electrons. The average molecular weight is 267 g/mol. The molecule has 0 aliphatic heterocycles. The van der Waals surface area contributed by atoms with Gasteiger partial charge in [0.15, 0.2) is 5.78 Å². The van der Waals surface area contributed by atoms with Gasteiger partial charge in [0.05, 0.1) is 5.02 Å². The van der Waals surface area contributed by atoms with Gasteiger partial charge in [0.1, 0.15) is 0 Å². The van der Waals surface area contributed by atoms with Gasteiger partial charge in [-0.1, -0.05) is 63.3 Å². The number of halogens is 1. The van der Waals surface area contributed by atoms with Gasteiger partial charge in [-0.3, -0.25) is 4.79 Å². The van der Waals surface area contributed by atoms with E-state index in [0.29, 0.717) is 22.9 Å². The van der Waals surface area contributed by atoms with Crippen molar-refractivity contribution in [1.82, 2.24) is 0 Å². The normalized spacial score (nSPS) is 12.4. The summed E-state index contributed by atoms with van der Waals surface area (Å²) < 4.78 is 0. The number of Topliss-reactive ketones (excluding diaryl/α,β-unsaturated/α-hetero) is 1. The van der Waals surface area contributed by atoms with Gasteiger partial charge in [-0.15, -0.1) is 0 Å². The van der Waals surface area contributed by atoms with E-state index in [4.69, 9.17) is 11.6 Å². The Balaban J connectivity index is 2.72. The van der Waals surface area contributed by atoms with Crippen molar-refractivity contribution in [1.29, 1.82) is 0 Å². The summed E-state index contributed by atoms with van der Waals surface area (Å²) in [5, 5.41) is 0.618. The Labute approximate surface area is 116 Å². The molecule has 0 aliphatic rings. The highest BCUT2D eigenvalue weighted by atomic mass is 35.5. The molecule has 0 N–H and O–H groups in total. The zero-order valence-corrected chi connectivity index (χ0v) is 12.4. The lowest BCUT2D eigenvalue weighted by Gasteiger charge is -2.14. The molecule has 0 aromatic heterocycles. The highest BCUT2D eigenvalue weighted by Crippen LogP contribution is 2.25. The SMILES string of the molecule is CCCCC(CC)CC(=O)c1cccc(C)c1Cl. The Morgan fingerprint density at radius 2 is 2.06 bits per heavy atom. The van der Waals surface area contributed by atoms with E-state index in [1.165, 1.54) is 12.8 Å². The molecular formula is C16H23ClO. The van der Waals surface area contributed by atoms with Gasteiger partial charge < -0.3 is 0 Å². The number of unbranched alkanes of at least 4 members (excludes halogenated alkanes) is 1. The van der Waals surface area contributed by atoms with Crippen LogP contribution in [0.5, 0.6) is 0 Å². The molecule has 0 spiro atoms. The van der Waals surface area contributed by atoms with Crippen LogP contribution in [-0.4, -0.2) is 5.78 Å². The van der Waals surface area contributed by atoms with E-state index in [9.17, 15) is 4.79 Å². The van der Waals surface area contributed by atoms with Gasteiger partial charge >= 0.3 is 0 Å². The van der Waals surface area contributed by atoms with Crippen LogP contribution in [0.1, 0.15) is 61.9 Å². The summed E-state index contributed by atoms with van der Waals surface area (Å²) >= 11 is 6.20. The quantitative estimate of drug-likeness (QED) is 0.601. The van der Waals surface area contributed by atoms with Crippen LogP contribution in [0.3, 0.4) is 0 Å². The maximum absolute atomic E-state index is 12.3. The maximum Gasteiger partial charge on any atom is 0.164 e. The minimum atomic E-state index is 0.187. The Bertz CT molecular complexity index is 398. The van der Waals surface area contributed by atoms with Crippen LogP contribution >= 0.6 is 11.6 Å². The van der Waals surface area contributed by atoms with Crippen molar-refractivity contribution in [3.05, 3.63) is 34.3 Å². The second-order valence-electron chi connectivity index (χ2n) is 4.98. The number of ketones is 1. The Morgan fingerprint density at radius 1 is 1.33 bits per heavy atom. The van der Waals surface area contributed by atoms with Crippen molar-refractivity contribution in [3.8, 4) is 0 Å². The van der Waals surface area contributed by atoms with E-state index >= 15 is 0 Å². The molecule has 0 saturated heterocycles. The summed E-state index contributed by atoms with van der Waals surface area (Å²) in [6.07, 6.45) is 5.22. The number of rotatable bonds is 7. The highest BCUT2D eigenvalue weighted by Gasteiger charge is 2.16. The molecule has 1 rings (SSSR count). The van der Waals surface area contributed by atoms with Crippen molar-refractivity contribution < 1.29 is 4.79 Å². The van der Waals surface area contributed by atoms with E-state index in [0.717, 1.165) is 18.4 Å². The van der Waals surface area contributed by atoms with Crippen molar-refractivity contribution >= 4 is 17.4 Å². The van der Waals surface area contributed by atoms with Crippen LogP contribution in [0.15, 0.2) is 18.2 Å². The second kappa shape index (κ2) is 7.58. The van der Waals surface area contributed by atoms with Crippen LogP contribution < -0.4 is 0 Å². The van der Waals surface area contributed by atoms with E-state index in [1.54, 1.807) is 0 Å². The lowest BCUT2D eigenvalue weighted by Crippen LogP contribution is -2.09. The summed E-state index contributed by atoms with van der Waals surface area (Å²) in [4.78, 5) is 12.3. The molecule has 18 heavy (non-hydrogen) atoms. The lowest BCUT2D eigenvalue weighted by molar-refractivity contribution is 0.0957. The summed E-state index contributed by atoms with van der Waals surface area (Å²) in [5.74, 6) is 0.681. The van der Waals surface area contributed by atoms with Gasteiger partial charge in [-0.05, 0) is 24.5 Å². The maximum atomic E-state index is 12.3. The second-order valence-corrected chi connectivity index (χ2v) is 5.36. The molecule has 0 fully saturated rings. The minimum Gasteiger partial charge on any atom is -0.294 e. The zero-order chi connectivity index (χ0) is 13.5. The highest BCUT2D eigenvalue weighted by molar-refractivity contribution is 6.34. The molecule has 0 aliphatic carbocycles. The molecule has 1 nitrogen and oxygen atoms in total. The fourth-order valence-electron chi connectivity index (χ4n) is 2.18. The molecule has 0 bridgehead atoms. The number of benzene rings is 1. The van der Waals surface area contributed by atoms with E-state index in [-0.39, 0.29) is 5.78 Å². The lowest BCUT2D eigenvalue weighted by atomic mass is 9.91. The average Bonchev–Trinajstić information content (AvgIpc) is 2.37. The molecular weight excluding hydrogens is 244 g/mol. The van der Waals surface area contributed by atoms with Crippen LogP contribution in [0.4, 0.5) is 0 Å². The van der Waals surface area contributed by atoms with Gasteiger partial charge in [0, 0.05) is 12.0 Å². The largest absolute Gasteiger partial charge is 0.294 e. The monoisotopic (exact) mass is 266 g/mol. The Kier molecular flexibility index (Phi) is 6.42. The first kappa shape index (κ1) is 15.2. The molecule has 1 aromatic rings. The molecule has 1 aromatic carbocycles. The first-order valence-electron chi connectivity index (χ1n) is 6.88. The minimum absolute atomic E-state index is 0.187. The summed E-state index contributed by atoms with van der Waals surface area (Å²) in [7, 11) is 0. The molecule has 2 heteroatoms. The van der Waals surface area contributed by atoms with E-state index in [2.05, 4.69) is 13.8 Å². The number of carbonyl (C=O) groups is 1. The predicted molar refractivity (Wildman–Crippen MR) is 78.4 cm³/mol. The molecule has 0 amide bonds. The summed E-state index contributed by atoms with van der Waals surface area (Å²) in [6, 6.07) is 5.68. The number of hydrogen-bond acceptors (Lipinski definition) is 1. The fourth-order valence-corrected chi connectivity index (χ4v) is 2.41. The summed E-state index contributed by atoms with van der Waals surface area (Å²) in [5.41, 5.74) is 1.66. The van der Waals surface area contributed by atoms with Gasteiger partial charge in [0.25, 0.3) is 0 Å². The standard InChI is InChI=1S/C16H23ClO/c1-4-6-9-13(5-2)11-15(18)14-10-7-8-12(3)16(14)17/h7-8,10,13H,4-6,9,11H2,1-3H3. The first-order valence-corrected chi connectivity index (χ1v) is 7.26. The van der Waals surface area contributed by atoms with Gasteiger partial charge in [-0.25, -0.2) is 0 Å². The third-order valence-corrected chi connectivity index (χ3v) is 4.01. The van der Waals surface area contributed by atoms with E-state index in [1.807, 2.05) is 25.1 Å². The van der Waals surface area contributed by atoms with Crippen molar-refractivity contribution in [2.75, 3.05) is 0 Å². The third-order valence-electron chi connectivity index (χ3n) is 3.51. The fraction of sp³-hybridized carbons (Fsp3) is 0.562. The molecule has 1 unspecified atom stereocenters. The van der Waals surface area contributed by atoms with E-state index < -0.39 is 0 Å². The van der Waals surface area contributed by atoms with Gasteiger partial charge in [-0.2, -0.15) is 0 Å². The number of carbonyl (C=O) groups excluding carboxylic acids is 1. The van der Waals surface area contributed by atoms with Crippen molar-refractivity contribution in [2.45, 2.75) is 52.9 Å². The zero-order valence-electron chi connectivity index (χ0n) is 11.6. The summed E-state index contributed by atoms with van der Waals surface area (Å²) in [6.45, 7) is 6.28. The predicted octanol–water partition coefficient (Wildman–Crippen LogP) is 5.44. The van der Waals surface area contributed by atoms with Gasteiger partial charge in [0.2, 0.25) is 0 Å². The third kappa shape index (κ3) is 4.13.